The molecule has 0 aromatic heterocycles. The van der Waals surface area contributed by atoms with Gasteiger partial charge in [-0.3, -0.25) is 0 Å². The number of alkyl halides is 1. The average molecular weight is 325 g/mol. The molecule has 6 heteroatoms. The van der Waals surface area contributed by atoms with Crippen LogP contribution >= 0.6 is 27.5 Å². The van der Waals surface area contributed by atoms with Gasteiger partial charge in [0.1, 0.15) is 0 Å². The lowest BCUT2D eigenvalue weighted by Crippen LogP contribution is -2.23. The summed E-state index contributed by atoms with van der Waals surface area (Å²) in [4.78, 5) is 0.237. The van der Waals surface area contributed by atoms with E-state index in [1.165, 1.54) is 0 Å². The zero-order chi connectivity index (χ0) is 12.0. The summed E-state index contributed by atoms with van der Waals surface area (Å²) in [5.74, 6) is 0.374. The van der Waals surface area contributed by atoms with Crippen molar-refractivity contribution in [1.29, 1.82) is 0 Å². The van der Waals surface area contributed by atoms with Crippen LogP contribution in [0.5, 0.6) is 0 Å². The van der Waals surface area contributed by atoms with Crippen LogP contribution in [-0.4, -0.2) is 20.8 Å². The number of hydrogen-bond donors (Lipinski definition) is 1. The summed E-state index contributed by atoms with van der Waals surface area (Å²) in [6.07, 6.45) is 3.35. The Kier molecular flexibility index (Phi) is 5.48. The molecule has 1 N–H and O–H groups in total. The number of allylic oxidation sites excluding steroid dienone is 1. The van der Waals surface area contributed by atoms with Gasteiger partial charge in [-0.15, -0.1) is 11.6 Å². The van der Waals surface area contributed by atoms with E-state index in [1.807, 2.05) is 0 Å². The van der Waals surface area contributed by atoms with Crippen LogP contribution in [0, 0.1) is 0 Å². The molecule has 1 aromatic carbocycles. The van der Waals surface area contributed by atoms with Crippen molar-refractivity contribution >= 4 is 37.6 Å². The largest absolute Gasteiger partial charge is 0.240 e. The van der Waals surface area contributed by atoms with Gasteiger partial charge in [0.15, 0.2) is 0 Å². The summed E-state index contributed by atoms with van der Waals surface area (Å²) in [6.45, 7) is 0.238. The van der Waals surface area contributed by atoms with E-state index in [1.54, 1.807) is 36.4 Å². The SMILES string of the molecule is O=S(=O)(NC/C=C/CCl)c1cccc(Br)c1. The molecule has 0 amide bonds. The fourth-order valence-corrected chi connectivity index (χ4v) is 2.72. The minimum Gasteiger partial charge on any atom is -0.207 e. The molecule has 88 valence electrons. The second-order valence-electron chi connectivity index (χ2n) is 2.93. The van der Waals surface area contributed by atoms with E-state index >= 15 is 0 Å². The summed E-state index contributed by atoms with van der Waals surface area (Å²) >= 11 is 8.64. The highest BCUT2D eigenvalue weighted by molar-refractivity contribution is 9.10. The van der Waals surface area contributed by atoms with Gasteiger partial charge in [-0.25, -0.2) is 13.1 Å². The van der Waals surface area contributed by atoms with E-state index in [9.17, 15) is 8.42 Å². The Bertz CT molecular complexity index is 473. The molecule has 1 aromatic rings. The van der Waals surface area contributed by atoms with Crippen molar-refractivity contribution in [3.8, 4) is 0 Å². The topological polar surface area (TPSA) is 46.2 Å². The van der Waals surface area contributed by atoms with Gasteiger partial charge in [-0.1, -0.05) is 34.1 Å². The van der Waals surface area contributed by atoms with E-state index in [2.05, 4.69) is 20.7 Å². The Hall–Kier alpha value is -0.360. The van der Waals surface area contributed by atoms with Crippen molar-refractivity contribution in [1.82, 2.24) is 4.72 Å². The zero-order valence-electron chi connectivity index (χ0n) is 8.36. The summed E-state index contributed by atoms with van der Waals surface area (Å²) in [5, 5.41) is 0. The lowest BCUT2D eigenvalue weighted by Gasteiger charge is -2.04. The molecule has 0 saturated carbocycles. The molecular formula is C10H11BrClNO2S. The first-order chi connectivity index (χ1) is 7.56. The first kappa shape index (κ1) is 13.7. The fourth-order valence-electron chi connectivity index (χ4n) is 1.02. The van der Waals surface area contributed by atoms with Gasteiger partial charge >= 0.3 is 0 Å². The molecule has 0 atom stereocenters. The molecule has 0 radical (unpaired) electrons. The van der Waals surface area contributed by atoms with Gasteiger partial charge in [-0.05, 0) is 18.2 Å². The van der Waals surface area contributed by atoms with Gasteiger partial charge in [-0.2, -0.15) is 0 Å². The monoisotopic (exact) mass is 323 g/mol. The van der Waals surface area contributed by atoms with Gasteiger partial charge in [0.05, 0.1) is 4.90 Å². The summed E-state index contributed by atoms with van der Waals surface area (Å²) in [7, 11) is -3.44. The zero-order valence-corrected chi connectivity index (χ0v) is 11.5. The Morgan fingerprint density at radius 1 is 1.38 bits per heavy atom. The fraction of sp³-hybridized carbons (Fsp3) is 0.200. The van der Waals surface area contributed by atoms with Crippen LogP contribution in [0.1, 0.15) is 0 Å². The van der Waals surface area contributed by atoms with Crippen LogP contribution in [0.3, 0.4) is 0 Å². The Labute approximate surface area is 109 Å². The van der Waals surface area contributed by atoms with Crippen LogP contribution in [-0.2, 0) is 10.0 Å². The van der Waals surface area contributed by atoms with Gasteiger partial charge in [0, 0.05) is 16.9 Å². The van der Waals surface area contributed by atoms with Crippen LogP contribution in [0.25, 0.3) is 0 Å². The van der Waals surface area contributed by atoms with Crippen molar-refractivity contribution in [3.63, 3.8) is 0 Å². The van der Waals surface area contributed by atoms with Crippen molar-refractivity contribution in [2.24, 2.45) is 0 Å². The minimum atomic E-state index is -3.44. The quantitative estimate of drug-likeness (QED) is 0.668. The molecule has 0 bridgehead atoms. The van der Waals surface area contributed by atoms with Crippen LogP contribution in [0.2, 0.25) is 0 Å². The third-order valence-corrected chi connectivity index (χ3v) is 3.85. The van der Waals surface area contributed by atoms with Gasteiger partial charge < -0.3 is 0 Å². The molecule has 0 fully saturated rings. The maximum atomic E-state index is 11.7. The molecule has 3 nitrogen and oxygen atoms in total. The highest BCUT2D eigenvalue weighted by Gasteiger charge is 2.12. The Balaban J connectivity index is 2.75. The lowest BCUT2D eigenvalue weighted by atomic mass is 10.4. The van der Waals surface area contributed by atoms with Crippen molar-refractivity contribution < 1.29 is 8.42 Å². The predicted octanol–water partition coefficient (Wildman–Crippen LogP) is 2.52. The molecule has 0 unspecified atom stereocenters. The first-order valence-corrected chi connectivity index (χ1v) is 7.33. The van der Waals surface area contributed by atoms with Crippen molar-refractivity contribution in [2.75, 3.05) is 12.4 Å². The van der Waals surface area contributed by atoms with Gasteiger partial charge in [0.2, 0.25) is 10.0 Å². The molecule has 0 saturated heterocycles. The number of halogens is 2. The highest BCUT2D eigenvalue weighted by Crippen LogP contribution is 2.15. The predicted molar refractivity (Wildman–Crippen MR) is 69.2 cm³/mol. The number of benzene rings is 1. The van der Waals surface area contributed by atoms with E-state index < -0.39 is 10.0 Å². The number of sulfonamides is 1. The number of rotatable bonds is 5. The highest BCUT2D eigenvalue weighted by atomic mass is 79.9. The summed E-state index contributed by atoms with van der Waals surface area (Å²) in [6, 6.07) is 6.53. The molecule has 16 heavy (non-hydrogen) atoms. The molecule has 0 heterocycles. The molecule has 0 aliphatic rings. The lowest BCUT2D eigenvalue weighted by molar-refractivity contribution is 0.585. The summed E-state index contributed by atoms with van der Waals surface area (Å²) < 4.78 is 26.7. The maximum absolute atomic E-state index is 11.7. The second kappa shape index (κ2) is 6.39. The van der Waals surface area contributed by atoms with Crippen molar-refractivity contribution in [3.05, 3.63) is 40.9 Å². The third kappa shape index (κ3) is 4.25. The van der Waals surface area contributed by atoms with Crippen LogP contribution < -0.4 is 4.72 Å². The molecule has 1 rings (SSSR count). The molecular weight excluding hydrogens is 314 g/mol. The first-order valence-electron chi connectivity index (χ1n) is 4.52. The Morgan fingerprint density at radius 2 is 2.12 bits per heavy atom. The van der Waals surface area contributed by atoms with E-state index in [0.29, 0.717) is 5.88 Å². The number of nitrogens with one attached hydrogen (secondary N) is 1. The molecule has 0 aliphatic carbocycles. The van der Waals surface area contributed by atoms with Gasteiger partial charge in [0.25, 0.3) is 0 Å². The second-order valence-corrected chi connectivity index (χ2v) is 5.93. The third-order valence-electron chi connectivity index (χ3n) is 1.75. The normalized spacial score (nSPS) is 12.1. The minimum absolute atomic E-state index is 0.237. The molecule has 0 spiro atoms. The van der Waals surface area contributed by atoms with Crippen molar-refractivity contribution in [2.45, 2.75) is 4.90 Å². The maximum Gasteiger partial charge on any atom is 0.240 e. The van der Waals surface area contributed by atoms with E-state index in [4.69, 9.17) is 11.6 Å². The van der Waals surface area contributed by atoms with Crippen LogP contribution in [0.4, 0.5) is 0 Å². The van der Waals surface area contributed by atoms with E-state index in [0.717, 1.165) is 4.47 Å². The number of hydrogen-bond acceptors (Lipinski definition) is 2. The summed E-state index contributed by atoms with van der Waals surface area (Å²) in [5.41, 5.74) is 0. The average Bonchev–Trinajstić information content (AvgIpc) is 2.24. The smallest absolute Gasteiger partial charge is 0.207 e. The standard InChI is InChI=1S/C10H11BrClNO2S/c11-9-4-3-5-10(8-9)16(14,15)13-7-2-1-6-12/h1-5,8,13H,6-7H2/b2-1+. The van der Waals surface area contributed by atoms with Crippen LogP contribution in [0.15, 0.2) is 45.8 Å². The Morgan fingerprint density at radius 3 is 2.75 bits per heavy atom. The van der Waals surface area contributed by atoms with E-state index in [-0.39, 0.29) is 11.4 Å². The molecule has 0 aliphatic heterocycles.